The number of aliphatic hydroxyl groups is 1. The molecular formula is C14H24N2O2. The summed E-state index contributed by atoms with van der Waals surface area (Å²) in [6, 6.07) is 1.37. The number of hydrogen-bond donors (Lipinski definition) is 2. The van der Waals surface area contributed by atoms with Gasteiger partial charge in [0, 0.05) is 24.7 Å². The lowest BCUT2D eigenvalue weighted by atomic mass is 9.87. The Morgan fingerprint density at radius 2 is 2.00 bits per heavy atom. The van der Waals surface area contributed by atoms with Gasteiger partial charge in [-0.3, -0.25) is 4.79 Å². The molecule has 102 valence electrons. The molecule has 1 amide bonds. The molecule has 3 atom stereocenters. The molecule has 0 radical (unpaired) electrons. The number of carbonyl (C=O) groups excluding carboxylic acids is 1. The number of carbonyl (C=O) groups is 1. The molecule has 4 nitrogen and oxygen atoms in total. The van der Waals surface area contributed by atoms with Gasteiger partial charge in [0.2, 0.25) is 5.91 Å². The summed E-state index contributed by atoms with van der Waals surface area (Å²) < 4.78 is 0. The maximum absolute atomic E-state index is 12.7. The van der Waals surface area contributed by atoms with E-state index < -0.39 is 0 Å². The summed E-state index contributed by atoms with van der Waals surface area (Å²) in [6.45, 7) is 0.619. The van der Waals surface area contributed by atoms with Crippen LogP contribution in [0.15, 0.2) is 0 Å². The zero-order chi connectivity index (χ0) is 12.5. The molecule has 3 unspecified atom stereocenters. The first-order chi connectivity index (χ1) is 8.79. The largest absolute Gasteiger partial charge is 0.395 e. The molecule has 2 saturated heterocycles. The van der Waals surface area contributed by atoms with Crippen LogP contribution in [-0.2, 0) is 4.79 Å². The van der Waals surface area contributed by atoms with Crippen LogP contribution in [0.1, 0.15) is 44.9 Å². The molecule has 18 heavy (non-hydrogen) atoms. The highest BCUT2D eigenvalue weighted by molar-refractivity contribution is 5.80. The fourth-order valence-electron chi connectivity index (χ4n) is 4.11. The van der Waals surface area contributed by atoms with E-state index in [2.05, 4.69) is 5.32 Å². The minimum Gasteiger partial charge on any atom is -0.395 e. The predicted molar refractivity (Wildman–Crippen MR) is 69.1 cm³/mol. The fraction of sp³-hybridized carbons (Fsp3) is 0.929. The highest BCUT2D eigenvalue weighted by Gasteiger charge is 2.45. The third-order valence-corrected chi connectivity index (χ3v) is 5.01. The number of fused-ring (bicyclic) bond motifs is 2. The molecular weight excluding hydrogens is 228 g/mol. The van der Waals surface area contributed by atoms with Crippen molar-refractivity contribution in [2.75, 3.05) is 13.2 Å². The van der Waals surface area contributed by atoms with Crippen LogP contribution in [0.2, 0.25) is 0 Å². The van der Waals surface area contributed by atoms with Gasteiger partial charge >= 0.3 is 0 Å². The van der Waals surface area contributed by atoms with Gasteiger partial charge in [0.25, 0.3) is 0 Å². The zero-order valence-corrected chi connectivity index (χ0v) is 11.0. The molecule has 2 bridgehead atoms. The molecule has 2 aliphatic heterocycles. The molecule has 0 spiro atoms. The van der Waals surface area contributed by atoms with Gasteiger partial charge in [-0.15, -0.1) is 0 Å². The summed E-state index contributed by atoms with van der Waals surface area (Å²) in [7, 11) is 0. The van der Waals surface area contributed by atoms with E-state index in [4.69, 9.17) is 0 Å². The van der Waals surface area contributed by atoms with E-state index in [1.165, 1.54) is 19.3 Å². The number of nitrogens with zero attached hydrogens (tertiary/aromatic N) is 1. The summed E-state index contributed by atoms with van der Waals surface area (Å²) in [4.78, 5) is 14.7. The Kier molecular flexibility index (Phi) is 3.57. The van der Waals surface area contributed by atoms with Gasteiger partial charge < -0.3 is 15.3 Å². The molecule has 2 N–H and O–H groups in total. The first-order valence-electron chi connectivity index (χ1n) is 7.47. The second-order valence-corrected chi connectivity index (χ2v) is 6.08. The molecule has 0 aromatic rings. The van der Waals surface area contributed by atoms with Crippen molar-refractivity contribution in [3.63, 3.8) is 0 Å². The molecule has 3 fully saturated rings. The Balaban J connectivity index is 1.67. The first-order valence-corrected chi connectivity index (χ1v) is 7.47. The molecule has 0 aromatic carbocycles. The number of hydrogen-bond acceptors (Lipinski definition) is 3. The number of nitrogens with one attached hydrogen (secondary N) is 1. The van der Waals surface area contributed by atoms with Gasteiger partial charge in [-0.2, -0.15) is 0 Å². The highest BCUT2D eigenvalue weighted by atomic mass is 16.3. The smallest absolute Gasteiger partial charge is 0.227 e. The van der Waals surface area contributed by atoms with Crippen LogP contribution in [0.3, 0.4) is 0 Å². The van der Waals surface area contributed by atoms with E-state index in [0.717, 1.165) is 25.7 Å². The quantitative estimate of drug-likeness (QED) is 0.781. The van der Waals surface area contributed by atoms with Crippen molar-refractivity contribution in [3.8, 4) is 0 Å². The predicted octanol–water partition coefficient (Wildman–Crippen LogP) is 0.890. The third kappa shape index (κ3) is 2.16. The van der Waals surface area contributed by atoms with E-state index in [0.29, 0.717) is 30.6 Å². The van der Waals surface area contributed by atoms with Crippen LogP contribution in [0.5, 0.6) is 0 Å². The Morgan fingerprint density at radius 1 is 1.22 bits per heavy atom. The van der Waals surface area contributed by atoms with Gasteiger partial charge in [-0.1, -0.05) is 12.8 Å². The minimum absolute atomic E-state index is 0.0937. The van der Waals surface area contributed by atoms with Gasteiger partial charge in [0.05, 0.1) is 12.5 Å². The van der Waals surface area contributed by atoms with Crippen LogP contribution >= 0.6 is 0 Å². The normalized spacial score (nSPS) is 35.3. The molecule has 4 heteroatoms. The molecule has 1 aliphatic carbocycles. The van der Waals surface area contributed by atoms with Crippen LogP contribution in [0.4, 0.5) is 0 Å². The maximum atomic E-state index is 12.7. The molecule has 2 heterocycles. The van der Waals surface area contributed by atoms with Gasteiger partial charge in [-0.25, -0.2) is 0 Å². The monoisotopic (exact) mass is 252 g/mol. The Bertz CT molecular complexity index is 315. The van der Waals surface area contributed by atoms with Crippen molar-refractivity contribution < 1.29 is 9.90 Å². The summed E-state index contributed by atoms with van der Waals surface area (Å²) in [5, 5.41) is 12.7. The van der Waals surface area contributed by atoms with Crippen LogP contribution in [0, 0.1) is 5.92 Å². The standard InChI is InChI=1S/C14H24N2O2/c17-8-7-16(11-3-1-2-4-11)14(18)12-9-10-5-6-13(12)15-10/h10-13,15,17H,1-9H2. The van der Waals surface area contributed by atoms with Gasteiger partial charge in [0.15, 0.2) is 0 Å². The number of rotatable bonds is 4. The van der Waals surface area contributed by atoms with Crippen molar-refractivity contribution in [1.82, 2.24) is 10.2 Å². The van der Waals surface area contributed by atoms with Gasteiger partial charge in [-0.05, 0) is 32.1 Å². The van der Waals surface area contributed by atoms with E-state index in [-0.39, 0.29) is 12.5 Å². The maximum Gasteiger partial charge on any atom is 0.227 e. The average molecular weight is 252 g/mol. The third-order valence-electron chi connectivity index (χ3n) is 5.01. The van der Waals surface area contributed by atoms with Crippen molar-refractivity contribution in [3.05, 3.63) is 0 Å². The number of amides is 1. The summed E-state index contributed by atoms with van der Waals surface area (Å²) in [5.41, 5.74) is 0. The number of aliphatic hydroxyl groups excluding tert-OH is 1. The molecule has 0 aromatic heterocycles. The lowest BCUT2D eigenvalue weighted by Gasteiger charge is -2.33. The van der Waals surface area contributed by atoms with Crippen LogP contribution in [-0.4, -0.2) is 47.2 Å². The van der Waals surface area contributed by atoms with Crippen LogP contribution < -0.4 is 5.32 Å². The molecule has 3 rings (SSSR count). The zero-order valence-electron chi connectivity index (χ0n) is 11.0. The molecule has 3 aliphatic rings. The second kappa shape index (κ2) is 5.17. The Morgan fingerprint density at radius 3 is 2.56 bits per heavy atom. The van der Waals surface area contributed by atoms with Crippen molar-refractivity contribution in [2.45, 2.75) is 63.1 Å². The van der Waals surface area contributed by atoms with Crippen molar-refractivity contribution in [2.24, 2.45) is 5.92 Å². The summed E-state index contributed by atoms with van der Waals surface area (Å²) >= 11 is 0. The minimum atomic E-state index is 0.0937. The highest BCUT2D eigenvalue weighted by Crippen LogP contribution is 2.35. The SMILES string of the molecule is O=C(C1CC2CCC1N2)N(CCO)C1CCCC1. The van der Waals surface area contributed by atoms with E-state index >= 15 is 0 Å². The fourth-order valence-corrected chi connectivity index (χ4v) is 4.11. The first kappa shape index (κ1) is 12.4. The lowest BCUT2D eigenvalue weighted by Crippen LogP contribution is -2.46. The topological polar surface area (TPSA) is 52.6 Å². The van der Waals surface area contributed by atoms with E-state index in [9.17, 15) is 9.90 Å². The van der Waals surface area contributed by atoms with Gasteiger partial charge in [0.1, 0.15) is 0 Å². The molecule has 1 saturated carbocycles. The van der Waals surface area contributed by atoms with E-state index in [1.54, 1.807) is 0 Å². The van der Waals surface area contributed by atoms with Crippen molar-refractivity contribution >= 4 is 5.91 Å². The summed E-state index contributed by atoms with van der Waals surface area (Å²) in [5.74, 6) is 0.478. The average Bonchev–Trinajstić information content (AvgIpc) is 3.10. The lowest BCUT2D eigenvalue weighted by molar-refractivity contribution is -0.139. The second-order valence-electron chi connectivity index (χ2n) is 6.08. The van der Waals surface area contributed by atoms with Crippen LogP contribution in [0.25, 0.3) is 0 Å². The Labute approximate surface area is 109 Å². The Hall–Kier alpha value is -0.610. The van der Waals surface area contributed by atoms with E-state index in [1.807, 2.05) is 4.90 Å². The summed E-state index contributed by atoms with van der Waals surface area (Å²) in [6.07, 6.45) is 8.11. The van der Waals surface area contributed by atoms with Crippen molar-refractivity contribution in [1.29, 1.82) is 0 Å².